The van der Waals surface area contributed by atoms with Crippen LogP contribution in [0.2, 0.25) is 0 Å². The Balaban J connectivity index is 1.93. The molecular formula is C20H22N4O3. The van der Waals surface area contributed by atoms with Crippen LogP contribution in [0.25, 0.3) is 11.3 Å². The first-order valence-electron chi connectivity index (χ1n) is 8.89. The zero-order chi connectivity index (χ0) is 19.4. The number of hydrogen-bond acceptors (Lipinski definition) is 4. The second-order valence-corrected chi connectivity index (χ2v) is 6.48. The molecule has 0 aliphatic carbocycles. The Bertz CT molecular complexity index is 936. The Morgan fingerprint density at radius 1 is 1.37 bits per heavy atom. The van der Waals surface area contributed by atoms with Gasteiger partial charge in [-0.15, -0.1) is 0 Å². The molecule has 2 amide bonds. The van der Waals surface area contributed by atoms with Crippen molar-refractivity contribution in [3.63, 3.8) is 0 Å². The molecule has 1 aromatic carbocycles. The van der Waals surface area contributed by atoms with Crippen molar-refractivity contribution in [1.29, 1.82) is 0 Å². The summed E-state index contributed by atoms with van der Waals surface area (Å²) < 4.78 is 1.91. The van der Waals surface area contributed by atoms with Crippen LogP contribution >= 0.6 is 0 Å². The number of rotatable bonds is 4. The van der Waals surface area contributed by atoms with Crippen molar-refractivity contribution in [1.82, 2.24) is 14.5 Å². The van der Waals surface area contributed by atoms with E-state index in [1.165, 1.54) is 4.90 Å². The Labute approximate surface area is 157 Å². The molecule has 0 saturated carbocycles. The lowest BCUT2D eigenvalue weighted by Gasteiger charge is -2.16. The van der Waals surface area contributed by atoms with E-state index in [0.29, 0.717) is 5.56 Å². The molecule has 0 spiro atoms. The summed E-state index contributed by atoms with van der Waals surface area (Å²) in [6.45, 7) is 0.878. The van der Waals surface area contributed by atoms with E-state index in [1.807, 2.05) is 28.8 Å². The van der Waals surface area contributed by atoms with Crippen LogP contribution in [0.15, 0.2) is 24.3 Å². The number of likely N-dealkylation sites (N-methyl/N-ethyl adjacent to an activating group) is 1. The molecule has 2 aromatic rings. The van der Waals surface area contributed by atoms with E-state index in [0.717, 1.165) is 42.8 Å². The molecule has 7 heteroatoms. The fourth-order valence-electron chi connectivity index (χ4n) is 3.18. The molecule has 1 aliphatic heterocycles. The van der Waals surface area contributed by atoms with Crippen molar-refractivity contribution in [3.05, 3.63) is 41.3 Å². The van der Waals surface area contributed by atoms with Crippen LogP contribution in [0.4, 0.5) is 0 Å². The maximum absolute atomic E-state index is 11.9. The number of aliphatic hydroxyl groups excluding tert-OH is 1. The molecule has 3 N–H and O–H groups in total. The molecule has 0 saturated heterocycles. The smallest absolute Gasteiger partial charge is 0.298 e. The highest BCUT2D eigenvalue weighted by Crippen LogP contribution is 2.29. The first-order valence-corrected chi connectivity index (χ1v) is 8.89. The van der Waals surface area contributed by atoms with Gasteiger partial charge in [0.15, 0.2) is 5.82 Å². The number of carbonyl (C=O) groups excluding carboxylic acids is 2. The van der Waals surface area contributed by atoms with Gasteiger partial charge in [0.25, 0.3) is 11.8 Å². The van der Waals surface area contributed by atoms with Crippen molar-refractivity contribution in [3.8, 4) is 23.1 Å². The molecule has 0 radical (unpaired) electrons. The highest BCUT2D eigenvalue weighted by molar-refractivity contribution is 5.94. The Kier molecular flexibility index (Phi) is 5.57. The normalized spacial score (nSPS) is 12.7. The van der Waals surface area contributed by atoms with Gasteiger partial charge in [0.2, 0.25) is 0 Å². The fraction of sp³-hybridized carbons (Fsp3) is 0.350. The van der Waals surface area contributed by atoms with Crippen molar-refractivity contribution in [2.75, 3.05) is 20.2 Å². The fourth-order valence-corrected chi connectivity index (χ4v) is 3.18. The summed E-state index contributed by atoms with van der Waals surface area (Å²) in [5.74, 6) is 4.83. The van der Waals surface area contributed by atoms with Crippen LogP contribution in [0, 0.1) is 11.8 Å². The zero-order valence-electron chi connectivity index (χ0n) is 15.2. The summed E-state index contributed by atoms with van der Waals surface area (Å²) in [4.78, 5) is 29.5. The minimum absolute atomic E-state index is 0.104. The first kappa shape index (κ1) is 18.7. The van der Waals surface area contributed by atoms with Gasteiger partial charge in [-0.3, -0.25) is 9.59 Å². The molecule has 0 atom stereocenters. The number of carbonyl (C=O) groups is 2. The molecular weight excluding hydrogens is 344 g/mol. The lowest BCUT2D eigenvalue weighted by Crippen LogP contribution is -2.28. The number of hydrogen-bond donors (Lipinski definition) is 2. The van der Waals surface area contributed by atoms with E-state index >= 15 is 0 Å². The van der Waals surface area contributed by atoms with Crippen LogP contribution in [-0.4, -0.2) is 51.6 Å². The maximum atomic E-state index is 11.9. The number of aromatic nitrogens is 2. The van der Waals surface area contributed by atoms with Crippen molar-refractivity contribution in [2.24, 2.45) is 5.73 Å². The Morgan fingerprint density at radius 3 is 2.93 bits per heavy atom. The quantitative estimate of drug-likeness (QED) is 0.781. The van der Waals surface area contributed by atoms with Crippen LogP contribution in [0.1, 0.15) is 34.7 Å². The second-order valence-electron chi connectivity index (χ2n) is 6.48. The van der Waals surface area contributed by atoms with Crippen LogP contribution in [0.3, 0.4) is 0 Å². The summed E-state index contributed by atoms with van der Waals surface area (Å²) in [5, 5.41) is 8.89. The van der Waals surface area contributed by atoms with Crippen molar-refractivity contribution >= 4 is 11.8 Å². The number of primary amides is 1. The molecule has 0 fully saturated rings. The van der Waals surface area contributed by atoms with Gasteiger partial charge in [-0.05, 0) is 31.4 Å². The van der Waals surface area contributed by atoms with Crippen LogP contribution in [0.5, 0.6) is 0 Å². The van der Waals surface area contributed by atoms with Gasteiger partial charge in [0.05, 0.1) is 12.3 Å². The van der Waals surface area contributed by atoms with Gasteiger partial charge in [-0.2, -0.15) is 0 Å². The van der Waals surface area contributed by atoms with E-state index in [2.05, 4.69) is 16.8 Å². The number of nitrogens with two attached hydrogens (primary N) is 1. The highest BCUT2D eigenvalue weighted by Gasteiger charge is 2.23. The SMILES string of the molecule is CN(CCO)C(=O)C#Cc1cccc(-c2nc(C(N)=O)n3c2CCCC3)c1. The average Bonchev–Trinajstić information content (AvgIpc) is 3.06. The third-order valence-electron chi connectivity index (χ3n) is 4.57. The zero-order valence-corrected chi connectivity index (χ0v) is 15.2. The van der Waals surface area contributed by atoms with E-state index < -0.39 is 5.91 Å². The third-order valence-corrected chi connectivity index (χ3v) is 4.57. The molecule has 140 valence electrons. The topological polar surface area (TPSA) is 101 Å². The second kappa shape index (κ2) is 8.06. The Hall–Kier alpha value is -3.11. The van der Waals surface area contributed by atoms with Gasteiger partial charge in [-0.25, -0.2) is 4.98 Å². The molecule has 1 aromatic heterocycles. The Morgan fingerprint density at radius 2 is 2.19 bits per heavy atom. The number of fused-ring (bicyclic) bond motifs is 1. The first-order chi connectivity index (χ1) is 13.0. The lowest BCUT2D eigenvalue weighted by atomic mass is 10.0. The minimum atomic E-state index is -0.530. The summed E-state index contributed by atoms with van der Waals surface area (Å²) in [6.07, 6.45) is 2.89. The predicted molar refractivity (Wildman–Crippen MR) is 101 cm³/mol. The van der Waals surface area contributed by atoms with Crippen LogP contribution in [-0.2, 0) is 17.8 Å². The monoisotopic (exact) mass is 366 g/mol. The number of aliphatic hydroxyl groups is 1. The molecule has 1 aliphatic rings. The van der Waals surface area contributed by atoms with Gasteiger partial charge < -0.3 is 20.3 Å². The van der Waals surface area contributed by atoms with Crippen molar-refractivity contribution < 1.29 is 14.7 Å². The molecule has 7 nitrogen and oxygen atoms in total. The van der Waals surface area contributed by atoms with E-state index in [1.54, 1.807) is 7.05 Å². The van der Waals surface area contributed by atoms with Gasteiger partial charge in [0.1, 0.15) is 0 Å². The summed E-state index contributed by atoms with van der Waals surface area (Å²) >= 11 is 0. The number of benzene rings is 1. The molecule has 2 heterocycles. The highest BCUT2D eigenvalue weighted by atomic mass is 16.3. The van der Waals surface area contributed by atoms with E-state index in [-0.39, 0.29) is 24.9 Å². The van der Waals surface area contributed by atoms with E-state index in [4.69, 9.17) is 10.8 Å². The minimum Gasteiger partial charge on any atom is -0.395 e. The molecule has 0 bridgehead atoms. The predicted octanol–water partition coefficient (Wildman–Crippen LogP) is 0.787. The maximum Gasteiger partial charge on any atom is 0.298 e. The van der Waals surface area contributed by atoms with Crippen LogP contribution < -0.4 is 5.73 Å². The van der Waals surface area contributed by atoms with Crippen molar-refractivity contribution in [2.45, 2.75) is 25.8 Å². The largest absolute Gasteiger partial charge is 0.395 e. The lowest BCUT2D eigenvalue weighted by molar-refractivity contribution is -0.124. The summed E-state index contributed by atoms with van der Waals surface area (Å²) in [5.41, 5.74) is 8.77. The van der Waals surface area contributed by atoms with E-state index in [9.17, 15) is 9.59 Å². The molecule has 0 unspecified atom stereocenters. The average molecular weight is 366 g/mol. The number of amides is 2. The van der Waals surface area contributed by atoms with Gasteiger partial charge in [-0.1, -0.05) is 18.1 Å². The van der Waals surface area contributed by atoms with Gasteiger partial charge >= 0.3 is 0 Å². The summed E-state index contributed by atoms with van der Waals surface area (Å²) in [6, 6.07) is 7.43. The van der Waals surface area contributed by atoms with Gasteiger partial charge in [0, 0.05) is 42.9 Å². The molecule has 3 rings (SSSR count). The standard InChI is InChI=1S/C20H22N4O3/c1-23(11-12-25)17(26)9-8-14-5-4-6-15(13-14)18-16-7-2-3-10-24(16)20(22-18)19(21)27/h4-6,13,25H,2-3,7,10-12H2,1H3,(H2,21,27). The third kappa shape index (κ3) is 4.01. The summed E-state index contributed by atoms with van der Waals surface area (Å²) in [7, 11) is 1.59. The number of imidazole rings is 1. The number of nitrogens with zero attached hydrogens (tertiary/aromatic N) is 3. The molecule has 27 heavy (non-hydrogen) atoms.